The molecule has 3 heterocycles. The Bertz CT molecular complexity index is 1360. The number of carbonyl (C=O) groups is 1. The third-order valence-electron chi connectivity index (χ3n) is 6.66. The number of hydrogen-bond donors (Lipinski definition) is 0. The van der Waals surface area contributed by atoms with Gasteiger partial charge in [-0.25, -0.2) is 4.98 Å². The van der Waals surface area contributed by atoms with Crippen LogP contribution in [0.4, 0.5) is 5.69 Å². The molecule has 35 heavy (non-hydrogen) atoms. The molecule has 0 radical (unpaired) electrons. The predicted octanol–water partition coefficient (Wildman–Crippen LogP) is 4.60. The summed E-state index contributed by atoms with van der Waals surface area (Å²) in [4.78, 5) is 22.0. The van der Waals surface area contributed by atoms with Crippen LogP contribution >= 0.6 is 0 Å². The Morgan fingerprint density at radius 1 is 0.857 bits per heavy atom. The number of ether oxygens (including phenoxy) is 2. The molecule has 1 saturated heterocycles. The summed E-state index contributed by atoms with van der Waals surface area (Å²) in [5.41, 5.74) is 6.64. The Balaban J connectivity index is 1.33. The number of nitrogens with zero attached hydrogens (tertiary/aromatic N) is 4. The van der Waals surface area contributed by atoms with Gasteiger partial charge in [0.2, 0.25) is 0 Å². The van der Waals surface area contributed by atoms with Crippen LogP contribution in [0.1, 0.15) is 21.6 Å². The number of rotatable bonds is 5. The van der Waals surface area contributed by atoms with Gasteiger partial charge in [-0.05, 0) is 72.5 Å². The van der Waals surface area contributed by atoms with Crippen LogP contribution in [-0.2, 0) is 0 Å². The van der Waals surface area contributed by atoms with Gasteiger partial charge in [-0.3, -0.25) is 4.79 Å². The van der Waals surface area contributed by atoms with E-state index in [9.17, 15) is 4.79 Å². The SMILES string of the molecule is COc1ccccc1N1CCN(C(=O)c2cn3cc(-c4cc(C)c(OC)c(C)c4)ccc3n2)CC1. The van der Waals surface area contributed by atoms with Crippen molar-refractivity contribution in [1.29, 1.82) is 0 Å². The highest BCUT2D eigenvalue weighted by Gasteiger charge is 2.25. The summed E-state index contributed by atoms with van der Waals surface area (Å²) in [5.74, 6) is 1.73. The first-order valence-corrected chi connectivity index (χ1v) is 11.8. The van der Waals surface area contributed by atoms with Gasteiger partial charge >= 0.3 is 0 Å². The highest BCUT2D eigenvalue weighted by molar-refractivity contribution is 5.93. The number of methoxy groups -OCH3 is 2. The van der Waals surface area contributed by atoms with Crippen molar-refractivity contribution in [3.05, 3.63) is 77.7 Å². The molecule has 4 aromatic rings. The lowest BCUT2D eigenvalue weighted by Gasteiger charge is -2.36. The minimum atomic E-state index is -0.0361. The van der Waals surface area contributed by atoms with Crippen LogP contribution in [0.25, 0.3) is 16.8 Å². The zero-order chi connectivity index (χ0) is 24.5. The lowest BCUT2D eigenvalue weighted by atomic mass is 10.0. The van der Waals surface area contributed by atoms with Gasteiger partial charge in [0.15, 0.2) is 0 Å². The number of piperazine rings is 1. The van der Waals surface area contributed by atoms with Gasteiger partial charge in [-0.1, -0.05) is 12.1 Å². The molecular weight excluding hydrogens is 440 g/mol. The number of benzene rings is 2. The zero-order valence-electron chi connectivity index (χ0n) is 20.6. The molecule has 180 valence electrons. The largest absolute Gasteiger partial charge is 0.496 e. The van der Waals surface area contributed by atoms with Crippen LogP contribution in [0.2, 0.25) is 0 Å². The average molecular weight is 471 g/mol. The lowest BCUT2D eigenvalue weighted by Crippen LogP contribution is -2.49. The number of imidazole rings is 1. The monoisotopic (exact) mass is 470 g/mol. The summed E-state index contributed by atoms with van der Waals surface area (Å²) in [5, 5.41) is 0. The van der Waals surface area contributed by atoms with Crippen molar-refractivity contribution < 1.29 is 14.3 Å². The van der Waals surface area contributed by atoms with Gasteiger partial charge in [0, 0.05) is 38.6 Å². The number of anilines is 1. The van der Waals surface area contributed by atoms with Crippen molar-refractivity contribution in [2.75, 3.05) is 45.3 Å². The first-order chi connectivity index (χ1) is 17.0. The molecular formula is C28H30N4O3. The van der Waals surface area contributed by atoms with Crippen molar-refractivity contribution in [1.82, 2.24) is 14.3 Å². The van der Waals surface area contributed by atoms with Crippen molar-refractivity contribution >= 4 is 17.2 Å². The Hall–Kier alpha value is -4.00. The molecule has 0 N–H and O–H groups in total. The van der Waals surface area contributed by atoms with Gasteiger partial charge < -0.3 is 23.7 Å². The normalized spacial score (nSPS) is 13.8. The van der Waals surface area contributed by atoms with Crippen molar-refractivity contribution in [2.24, 2.45) is 0 Å². The second-order valence-corrected chi connectivity index (χ2v) is 8.90. The summed E-state index contributed by atoms with van der Waals surface area (Å²) >= 11 is 0. The Kier molecular flexibility index (Phi) is 6.07. The molecule has 5 rings (SSSR count). The Morgan fingerprint density at radius 3 is 2.26 bits per heavy atom. The summed E-state index contributed by atoms with van der Waals surface area (Å²) in [6, 6.07) is 16.2. The van der Waals surface area contributed by atoms with Crippen LogP contribution in [-0.4, -0.2) is 60.6 Å². The van der Waals surface area contributed by atoms with E-state index in [1.165, 1.54) is 0 Å². The first kappa shape index (κ1) is 22.8. The number of aryl methyl sites for hydroxylation is 2. The maximum atomic E-state index is 13.2. The minimum absolute atomic E-state index is 0.0361. The molecule has 0 spiro atoms. The van der Waals surface area contributed by atoms with E-state index in [0.717, 1.165) is 58.2 Å². The molecule has 0 saturated carbocycles. The topological polar surface area (TPSA) is 59.3 Å². The summed E-state index contributed by atoms with van der Waals surface area (Å²) in [6.45, 7) is 6.88. The quantitative estimate of drug-likeness (QED) is 0.427. The third-order valence-corrected chi connectivity index (χ3v) is 6.66. The van der Waals surface area contributed by atoms with Gasteiger partial charge in [0.05, 0.1) is 19.9 Å². The number of amides is 1. The van der Waals surface area contributed by atoms with E-state index >= 15 is 0 Å². The van der Waals surface area contributed by atoms with E-state index in [2.05, 4.69) is 41.9 Å². The standard InChI is InChI=1S/C28H30N4O3/c1-19-15-22(16-20(2)27(19)35-4)21-9-10-26-29-23(18-32(26)17-21)28(33)31-13-11-30(12-14-31)24-7-5-6-8-25(24)34-3/h5-10,15-18H,11-14H2,1-4H3. The fourth-order valence-electron chi connectivity index (χ4n) is 4.91. The van der Waals surface area contributed by atoms with E-state index in [-0.39, 0.29) is 5.91 Å². The second-order valence-electron chi connectivity index (χ2n) is 8.90. The van der Waals surface area contributed by atoms with Crippen LogP contribution in [0.3, 0.4) is 0 Å². The molecule has 1 fully saturated rings. The number of para-hydroxylation sites is 2. The summed E-state index contributed by atoms with van der Waals surface area (Å²) in [7, 11) is 3.38. The number of pyridine rings is 1. The van der Waals surface area contributed by atoms with E-state index < -0.39 is 0 Å². The molecule has 0 unspecified atom stereocenters. The Morgan fingerprint density at radius 2 is 1.57 bits per heavy atom. The van der Waals surface area contributed by atoms with E-state index in [0.29, 0.717) is 18.8 Å². The number of aromatic nitrogens is 2. The highest BCUT2D eigenvalue weighted by Crippen LogP contribution is 2.31. The lowest BCUT2D eigenvalue weighted by molar-refractivity contribution is 0.0741. The smallest absolute Gasteiger partial charge is 0.274 e. The fourth-order valence-corrected chi connectivity index (χ4v) is 4.91. The predicted molar refractivity (Wildman–Crippen MR) is 138 cm³/mol. The molecule has 0 bridgehead atoms. The van der Waals surface area contributed by atoms with Crippen molar-refractivity contribution in [3.8, 4) is 22.6 Å². The fraction of sp³-hybridized carbons (Fsp3) is 0.286. The maximum absolute atomic E-state index is 13.2. The average Bonchev–Trinajstić information content (AvgIpc) is 3.31. The molecule has 1 aliphatic heterocycles. The highest BCUT2D eigenvalue weighted by atomic mass is 16.5. The number of hydrogen-bond acceptors (Lipinski definition) is 5. The van der Waals surface area contributed by atoms with Gasteiger partial charge in [0.1, 0.15) is 22.8 Å². The summed E-state index contributed by atoms with van der Waals surface area (Å²) in [6.07, 6.45) is 3.86. The molecule has 0 atom stereocenters. The van der Waals surface area contributed by atoms with Crippen LogP contribution in [0.5, 0.6) is 11.5 Å². The molecule has 1 amide bonds. The minimum Gasteiger partial charge on any atom is -0.496 e. The zero-order valence-corrected chi connectivity index (χ0v) is 20.6. The van der Waals surface area contributed by atoms with Gasteiger partial charge in [-0.15, -0.1) is 0 Å². The van der Waals surface area contributed by atoms with Crippen molar-refractivity contribution in [3.63, 3.8) is 0 Å². The van der Waals surface area contributed by atoms with Crippen molar-refractivity contribution in [2.45, 2.75) is 13.8 Å². The molecule has 7 nitrogen and oxygen atoms in total. The van der Waals surface area contributed by atoms with E-state index in [1.54, 1.807) is 14.2 Å². The molecule has 2 aromatic heterocycles. The molecule has 2 aromatic carbocycles. The number of fused-ring (bicyclic) bond motifs is 1. The van der Waals surface area contributed by atoms with E-state index in [1.807, 2.05) is 52.0 Å². The molecule has 7 heteroatoms. The van der Waals surface area contributed by atoms with Crippen LogP contribution in [0, 0.1) is 13.8 Å². The van der Waals surface area contributed by atoms with E-state index in [4.69, 9.17) is 9.47 Å². The van der Waals surface area contributed by atoms with Gasteiger partial charge in [0.25, 0.3) is 5.91 Å². The third kappa shape index (κ3) is 4.30. The van der Waals surface area contributed by atoms with Crippen LogP contribution < -0.4 is 14.4 Å². The maximum Gasteiger partial charge on any atom is 0.274 e. The number of carbonyl (C=O) groups excluding carboxylic acids is 1. The molecule has 1 aliphatic rings. The summed E-state index contributed by atoms with van der Waals surface area (Å²) < 4.78 is 12.9. The second kappa shape index (κ2) is 9.33. The molecule has 0 aliphatic carbocycles. The Labute approximate surface area is 205 Å². The first-order valence-electron chi connectivity index (χ1n) is 11.8. The van der Waals surface area contributed by atoms with Gasteiger partial charge in [-0.2, -0.15) is 0 Å². The van der Waals surface area contributed by atoms with Crippen LogP contribution in [0.15, 0.2) is 60.9 Å².